The van der Waals surface area contributed by atoms with Crippen LogP contribution in [0.3, 0.4) is 0 Å². The molecule has 0 atom stereocenters. The lowest BCUT2D eigenvalue weighted by molar-refractivity contribution is 0.103. The summed E-state index contributed by atoms with van der Waals surface area (Å²) in [7, 11) is 0. The van der Waals surface area contributed by atoms with E-state index in [2.05, 4.69) is 15.9 Å². The molecular weight excluding hydrogens is 314 g/mol. The van der Waals surface area contributed by atoms with E-state index >= 15 is 0 Å². The van der Waals surface area contributed by atoms with E-state index in [4.69, 9.17) is 0 Å². The minimum Gasteiger partial charge on any atom is -0.289 e. The van der Waals surface area contributed by atoms with E-state index in [1.54, 1.807) is 19.9 Å². The maximum absolute atomic E-state index is 13.5. The number of hydrogen-bond donors (Lipinski definition) is 0. The molecular formula is C15H11BrF2O. The molecule has 0 saturated heterocycles. The molecule has 0 amide bonds. The van der Waals surface area contributed by atoms with Crippen molar-refractivity contribution in [2.24, 2.45) is 0 Å². The fraction of sp³-hybridized carbons (Fsp3) is 0.133. The number of rotatable bonds is 2. The van der Waals surface area contributed by atoms with E-state index in [0.717, 1.165) is 0 Å². The number of benzene rings is 2. The zero-order valence-electron chi connectivity index (χ0n) is 10.4. The number of carbonyl (C=O) groups is 1. The highest BCUT2D eigenvalue weighted by molar-refractivity contribution is 9.10. The van der Waals surface area contributed by atoms with E-state index in [0.29, 0.717) is 21.2 Å². The Morgan fingerprint density at radius 1 is 0.947 bits per heavy atom. The van der Waals surface area contributed by atoms with Crippen LogP contribution >= 0.6 is 15.9 Å². The zero-order chi connectivity index (χ0) is 14.2. The van der Waals surface area contributed by atoms with Crippen LogP contribution in [-0.2, 0) is 0 Å². The summed E-state index contributed by atoms with van der Waals surface area (Å²) in [5, 5.41) is 0. The van der Waals surface area contributed by atoms with Crippen molar-refractivity contribution in [3.8, 4) is 0 Å². The number of ketones is 1. The zero-order valence-corrected chi connectivity index (χ0v) is 12.0. The van der Waals surface area contributed by atoms with Gasteiger partial charge < -0.3 is 0 Å². The fourth-order valence-electron chi connectivity index (χ4n) is 1.93. The molecule has 0 spiro atoms. The number of hydrogen-bond acceptors (Lipinski definition) is 1. The summed E-state index contributed by atoms with van der Waals surface area (Å²) in [5.74, 6) is -1.14. The van der Waals surface area contributed by atoms with Crippen LogP contribution in [0, 0.1) is 25.5 Å². The van der Waals surface area contributed by atoms with E-state index in [9.17, 15) is 13.6 Å². The van der Waals surface area contributed by atoms with Crippen molar-refractivity contribution in [2.45, 2.75) is 13.8 Å². The first-order chi connectivity index (χ1) is 8.88. The molecule has 0 unspecified atom stereocenters. The third-order valence-electron chi connectivity index (χ3n) is 2.82. The molecule has 0 bridgehead atoms. The van der Waals surface area contributed by atoms with Crippen molar-refractivity contribution in [3.63, 3.8) is 0 Å². The summed E-state index contributed by atoms with van der Waals surface area (Å²) in [6.45, 7) is 3.20. The molecule has 0 saturated carbocycles. The van der Waals surface area contributed by atoms with Gasteiger partial charge in [-0.3, -0.25) is 4.79 Å². The average Bonchev–Trinajstić information content (AvgIpc) is 2.33. The van der Waals surface area contributed by atoms with Crippen LogP contribution in [-0.4, -0.2) is 5.78 Å². The van der Waals surface area contributed by atoms with Crippen molar-refractivity contribution < 1.29 is 13.6 Å². The molecule has 0 aromatic heterocycles. The molecule has 2 aromatic rings. The Labute approximate surface area is 118 Å². The molecule has 2 rings (SSSR count). The van der Waals surface area contributed by atoms with Crippen LogP contribution in [0.2, 0.25) is 0 Å². The third-order valence-corrected chi connectivity index (χ3v) is 3.28. The Balaban J connectivity index is 2.50. The Kier molecular flexibility index (Phi) is 3.80. The maximum atomic E-state index is 13.5. The molecule has 19 heavy (non-hydrogen) atoms. The Morgan fingerprint density at radius 3 is 2.00 bits per heavy atom. The van der Waals surface area contributed by atoms with E-state index in [-0.39, 0.29) is 17.2 Å². The van der Waals surface area contributed by atoms with Gasteiger partial charge in [-0.25, -0.2) is 8.78 Å². The summed E-state index contributed by atoms with van der Waals surface area (Å²) in [6.07, 6.45) is 0. The summed E-state index contributed by atoms with van der Waals surface area (Å²) < 4.78 is 27.3. The monoisotopic (exact) mass is 324 g/mol. The van der Waals surface area contributed by atoms with Gasteiger partial charge in [-0.2, -0.15) is 0 Å². The predicted octanol–water partition coefficient (Wildman–Crippen LogP) is 4.58. The molecule has 0 aliphatic rings. The van der Waals surface area contributed by atoms with Gasteiger partial charge in [0.25, 0.3) is 0 Å². The molecule has 0 fully saturated rings. The van der Waals surface area contributed by atoms with E-state index in [1.165, 1.54) is 24.3 Å². The SMILES string of the molecule is Cc1cc(C(=O)c2cc(F)cc(Br)c2)cc(C)c1F. The van der Waals surface area contributed by atoms with Crippen molar-refractivity contribution in [3.05, 3.63) is 68.7 Å². The fourth-order valence-corrected chi connectivity index (χ4v) is 2.39. The number of carbonyl (C=O) groups excluding carboxylic acids is 1. The van der Waals surface area contributed by atoms with Gasteiger partial charge in [0.05, 0.1) is 0 Å². The second kappa shape index (κ2) is 5.21. The topological polar surface area (TPSA) is 17.1 Å². The van der Waals surface area contributed by atoms with Gasteiger partial charge in [-0.05, 0) is 55.3 Å². The molecule has 0 aliphatic carbocycles. The normalized spacial score (nSPS) is 10.6. The van der Waals surface area contributed by atoms with E-state index in [1.807, 2.05) is 0 Å². The van der Waals surface area contributed by atoms with Gasteiger partial charge in [0, 0.05) is 15.6 Å². The summed E-state index contributed by atoms with van der Waals surface area (Å²) >= 11 is 3.14. The van der Waals surface area contributed by atoms with Crippen LogP contribution < -0.4 is 0 Å². The third kappa shape index (κ3) is 2.89. The molecule has 0 heterocycles. The number of aryl methyl sites for hydroxylation is 2. The highest BCUT2D eigenvalue weighted by Gasteiger charge is 2.14. The minimum absolute atomic E-state index is 0.234. The summed E-state index contributed by atoms with van der Waals surface area (Å²) in [5.41, 5.74) is 1.39. The van der Waals surface area contributed by atoms with Crippen molar-refractivity contribution >= 4 is 21.7 Å². The van der Waals surface area contributed by atoms with Crippen LogP contribution in [0.4, 0.5) is 8.78 Å². The highest BCUT2D eigenvalue weighted by atomic mass is 79.9. The largest absolute Gasteiger partial charge is 0.289 e. The Hall–Kier alpha value is -1.55. The quantitative estimate of drug-likeness (QED) is 0.739. The smallest absolute Gasteiger partial charge is 0.193 e. The lowest BCUT2D eigenvalue weighted by Crippen LogP contribution is -2.04. The van der Waals surface area contributed by atoms with Gasteiger partial charge in [-0.1, -0.05) is 15.9 Å². The molecule has 0 radical (unpaired) electrons. The molecule has 2 aromatic carbocycles. The first-order valence-corrected chi connectivity index (χ1v) is 6.45. The van der Waals surface area contributed by atoms with Crippen molar-refractivity contribution in [2.75, 3.05) is 0 Å². The van der Waals surface area contributed by atoms with Gasteiger partial charge >= 0.3 is 0 Å². The second-order valence-corrected chi connectivity index (χ2v) is 5.33. The first kappa shape index (κ1) is 13.9. The van der Waals surface area contributed by atoms with Crippen molar-refractivity contribution in [1.82, 2.24) is 0 Å². The predicted molar refractivity (Wildman–Crippen MR) is 73.4 cm³/mol. The standard InChI is InChI=1S/C15H11BrF2O/c1-8-3-10(4-9(2)14(8)18)15(19)11-5-12(16)7-13(17)6-11/h3-7H,1-2H3. The van der Waals surface area contributed by atoms with Crippen LogP contribution in [0.5, 0.6) is 0 Å². The van der Waals surface area contributed by atoms with Gasteiger partial charge in [0.2, 0.25) is 0 Å². The van der Waals surface area contributed by atoms with Crippen molar-refractivity contribution in [1.29, 1.82) is 0 Å². The van der Waals surface area contributed by atoms with Crippen LogP contribution in [0.25, 0.3) is 0 Å². The maximum Gasteiger partial charge on any atom is 0.193 e. The van der Waals surface area contributed by atoms with Crippen LogP contribution in [0.1, 0.15) is 27.0 Å². The number of halogens is 3. The van der Waals surface area contributed by atoms with Gasteiger partial charge in [0.15, 0.2) is 5.78 Å². The highest BCUT2D eigenvalue weighted by Crippen LogP contribution is 2.21. The first-order valence-electron chi connectivity index (χ1n) is 5.66. The lowest BCUT2D eigenvalue weighted by atomic mass is 9.99. The lowest BCUT2D eigenvalue weighted by Gasteiger charge is -2.07. The molecule has 0 N–H and O–H groups in total. The summed E-state index contributed by atoms with van der Waals surface area (Å²) in [6, 6.07) is 6.94. The van der Waals surface area contributed by atoms with Gasteiger partial charge in [0.1, 0.15) is 11.6 Å². The summed E-state index contributed by atoms with van der Waals surface area (Å²) in [4.78, 5) is 12.3. The molecule has 0 aliphatic heterocycles. The molecule has 98 valence electrons. The van der Waals surface area contributed by atoms with Crippen LogP contribution in [0.15, 0.2) is 34.8 Å². The second-order valence-electron chi connectivity index (χ2n) is 4.41. The Bertz CT molecular complexity index is 622. The molecule has 4 heteroatoms. The van der Waals surface area contributed by atoms with E-state index < -0.39 is 5.82 Å². The average molecular weight is 325 g/mol. The Morgan fingerprint density at radius 2 is 1.47 bits per heavy atom. The van der Waals surface area contributed by atoms with Gasteiger partial charge in [-0.15, -0.1) is 0 Å². The molecule has 1 nitrogen and oxygen atoms in total. The minimum atomic E-state index is -0.492.